The van der Waals surface area contributed by atoms with Gasteiger partial charge in [-0.1, -0.05) is 139 Å². The van der Waals surface area contributed by atoms with E-state index in [1.165, 1.54) is 90.2 Å². The predicted octanol–water partition coefficient (Wildman–Crippen LogP) is 14.1. The summed E-state index contributed by atoms with van der Waals surface area (Å²) in [6, 6.07) is 54.8. The van der Waals surface area contributed by atoms with Crippen LogP contribution in [0.2, 0.25) is 0 Å². The second kappa shape index (κ2) is 11.2. The average Bonchev–Trinajstić information content (AvgIpc) is 3.62. The lowest BCUT2D eigenvalue weighted by molar-refractivity contribution is 0.332. The molecule has 2 aliphatic carbocycles. The fraction of sp³-hybridized carbons (Fsp3) is 0.216. The minimum atomic E-state index is -0.0951. The molecule has 8 aromatic rings. The number of para-hydroxylation sites is 1. The molecule has 0 N–H and O–H groups in total. The number of rotatable bonds is 4. The van der Waals surface area contributed by atoms with E-state index in [1.807, 2.05) is 0 Å². The van der Waals surface area contributed by atoms with Crippen LogP contribution in [0.3, 0.4) is 0 Å². The van der Waals surface area contributed by atoms with E-state index in [0.29, 0.717) is 0 Å². The van der Waals surface area contributed by atoms with E-state index in [0.717, 1.165) is 11.4 Å². The highest BCUT2D eigenvalue weighted by Gasteiger charge is 2.39. The summed E-state index contributed by atoms with van der Waals surface area (Å²) in [7, 11) is 0. The summed E-state index contributed by atoms with van der Waals surface area (Å²) < 4.78 is 2.51. The number of anilines is 3. The average molecular weight is 687 g/mol. The van der Waals surface area contributed by atoms with Gasteiger partial charge >= 0.3 is 0 Å². The summed E-state index contributed by atoms with van der Waals surface area (Å²) in [5, 5.41) is 5.03. The van der Waals surface area contributed by atoms with Crippen molar-refractivity contribution in [3.05, 3.63) is 168 Å². The van der Waals surface area contributed by atoms with E-state index in [2.05, 4.69) is 197 Å². The van der Waals surface area contributed by atoms with Gasteiger partial charge in [0.15, 0.2) is 0 Å². The lowest BCUT2D eigenvalue weighted by atomic mass is 9.63. The van der Waals surface area contributed by atoms with Gasteiger partial charge in [-0.2, -0.15) is 0 Å². The molecule has 2 nitrogen and oxygen atoms in total. The quantitative estimate of drug-likeness (QED) is 0.179. The van der Waals surface area contributed by atoms with Gasteiger partial charge in [0.2, 0.25) is 0 Å². The smallest absolute Gasteiger partial charge is 0.0561 e. The largest absolute Gasteiger partial charge is 0.310 e. The summed E-state index contributed by atoms with van der Waals surface area (Å²) in [5.41, 5.74) is 15.7. The maximum Gasteiger partial charge on any atom is 0.0561 e. The molecular weight excluding hydrogens is 641 g/mol. The Morgan fingerprint density at radius 2 is 1.13 bits per heavy atom. The second-order valence-corrected chi connectivity index (χ2v) is 17.3. The summed E-state index contributed by atoms with van der Waals surface area (Å²) in [5.74, 6) is 0. The molecule has 0 spiro atoms. The zero-order valence-electron chi connectivity index (χ0n) is 31.7. The van der Waals surface area contributed by atoms with Crippen LogP contribution in [-0.4, -0.2) is 4.57 Å². The molecule has 2 aliphatic rings. The number of hydrogen-bond donors (Lipinski definition) is 0. The van der Waals surface area contributed by atoms with Gasteiger partial charge in [-0.15, -0.1) is 0 Å². The molecule has 0 atom stereocenters. The molecule has 7 aromatic carbocycles. The highest BCUT2D eigenvalue weighted by atomic mass is 15.1. The van der Waals surface area contributed by atoms with Crippen molar-refractivity contribution >= 4 is 49.6 Å². The summed E-state index contributed by atoms with van der Waals surface area (Å²) in [6.07, 6.45) is 2.40. The molecule has 1 heterocycles. The monoisotopic (exact) mass is 686 g/mol. The Morgan fingerprint density at radius 3 is 1.98 bits per heavy atom. The molecular formula is C51H46N2. The van der Waals surface area contributed by atoms with Crippen LogP contribution in [0.5, 0.6) is 0 Å². The Morgan fingerprint density at radius 1 is 0.472 bits per heavy atom. The van der Waals surface area contributed by atoms with Gasteiger partial charge in [0, 0.05) is 38.8 Å². The normalized spacial score (nSPS) is 16.4. The third-order valence-corrected chi connectivity index (χ3v) is 12.8. The molecule has 10 rings (SSSR count). The second-order valence-electron chi connectivity index (χ2n) is 17.3. The maximum absolute atomic E-state index is 2.51. The van der Waals surface area contributed by atoms with Crippen LogP contribution < -0.4 is 4.90 Å². The topological polar surface area (TPSA) is 8.17 Å². The maximum atomic E-state index is 2.51. The zero-order valence-corrected chi connectivity index (χ0v) is 31.7. The fourth-order valence-corrected chi connectivity index (χ4v) is 9.76. The molecule has 0 amide bonds. The molecule has 260 valence electrons. The van der Waals surface area contributed by atoms with E-state index < -0.39 is 0 Å². The van der Waals surface area contributed by atoms with E-state index in [1.54, 1.807) is 0 Å². The minimum Gasteiger partial charge on any atom is -0.310 e. The first-order chi connectivity index (χ1) is 25.5. The van der Waals surface area contributed by atoms with Crippen molar-refractivity contribution < 1.29 is 0 Å². The third-order valence-electron chi connectivity index (χ3n) is 12.8. The van der Waals surface area contributed by atoms with Crippen LogP contribution >= 0.6 is 0 Å². The Hall–Kier alpha value is -5.60. The highest BCUT2D eigenvalue weighted by molar-refractivity contribution is 6.11. The predicted molar refractivity (Wildman–Crippen MR) is 226 cm³/mol. The van der Waals surface area contributed by atoms with Gasteiger partial charge in [0.1, 0.15) is 0 Å². The van der Waals surface area contributed by atoms with E-state index in [9.17, 15) is 0 Å². The first-order valence-corrected chi connectivity index (χ1v) is 19.2. The summed E-state index contributed by atoms with van der Waals surface area (Å²) in [6.45, 7) is 14.4. The van der Waals surface area contributed by atoms with Crippen molar-refractivity contribution in [3.8, 4) is 16.8 Å². The van der Waals surface area contributed by atoms with Crippen molar-refractivity contribution in [1.82, 2.24) is 4.57 Å². The van der Waals surface area contributed by atoms with Crippen molar-refractivity contribution in [1.29, 1.82) is 0 Å². The number of hydrogen-bond acceptors (Lipinski definition) is 1. The number of fused-ring (bicyclic) bond motifs is 8. The lowest BCUT2D eigenvalue weighted by Crippen LogP contribution is -2.33. The number of nitrogens with zero attached hydrogens (tertiary/aromatic N) is 2. The van der Waals surface area contributed by atoms with Gasteiger partial charge in [-0.05, 0) is 111 Å². The Bertz CT molecular complexity index is 2770. The third kappa shape index (κ3) is 4.71. The van der Waals surface area contributed by atoms with Crippen molar-refractivity contribution in [3.63, 3.8) is 0 Å². The molecule has 2 heteroatoms. The Balaban J connectivity index is 1.25. The first kappa shape index (κ1) is 32.1. The van der Waals surface area contributed by atoms with Crippen molar-refractivity contribution in [2.45, 2.75) is 70.6 Å². The summed E-state index contributed by atoms with van der Waals surface area (Å²) >= 11 is 0. The minimum absolute atomic E-state index is 0.0951. The van der Waals surface area contributed by atoms with Gasteiger partial charge in [0.25, 0.3) is 0 Å². The van der Waals surface area contributed by atoms with Crippen LogP contribution in [0.4, 0.5) is 17.1 Å². The standard InChI is InChI=1S/C51H46N2/c1-49(2)28-29-50(3,4)44-31-36(25-27-42(44)49)53-45-20-12-10-16-38(45)39-26-24-37(32-47(39)53)52(35-23-22-33-14-7-8-15-34(33)30-35)46-21-13-19-43-48(46)40-17-9-11-18-41(40)51(43,5)6/h7-27,30-32H,28-29H2,1-6H3. The number of aromatic nitrogens is 1. The molecule has 0 saturated heterocycles. The van der Waals surface area contributed by atoms with Crippen LogP contribution in [0.25, 0.3) is 49.4 Å². The SMILES string of the molecule is CC1(C)CCC(C)(C)c2cc(-n3c4ccccc4c4ccc(N(c5ccc6ccccc6c5)c5cccc6c5-c5ccccc5C6(C)C)cc43)ccc21. The van der Waals surface area contributed by atoms with Crippen molar-refractivity contribution in [2.75, 3.05) is 4.90 Å². The van der Waals surface area contributed by atoms with Gasteiger partial charge in [0.05, 0.1) is 16.7 Å². The van der Waals surface area contributed by atoms with Crippen LogP contribution in [-0.2, 0) is 16.2 Å². The first-order valence-electron chi connectivity index (χ1n) is 19.2. The van der Waals surface area contributed by atoms with Crippen molar-refractivity contribution in [2.24, 2.45) is 0 Å². The molecule has 0 radical (unpaired) electrons. The van der Waals surface area contributed by atoms with Crippen LogP contribution in [0.15, 0.2) is 146 Å². The molecule has 0 saturated carbocycles. The van der Waals surface area contributed by atoms with E-state index in [4.69, 9.17) is 0 Å². The number of benzene rings is 7. The molecule has 0 bridgehead atoms. The van der Waals surface area contributed by atoms with Gasteiger partial charge in [-0.25, -0.2) is 0 Å². The molecule has 0 unspecified atom stereocenters. The van der Waals surface area contributed by atoms with E-state index >= 15 is 0 Å². The van der Waals surface area contributed by atoms with Gasteiger partial charge < -0.3 is 9.47 Å². The van der Waals surface area contributed by atoms with Gasteiger partial charge in [-0.3, -0.25) is 0 Å². The molecule has 1 aromatic heterocycles. The molecule has 0 aliphatic heterocycles. The highest BCUT2D eigenvalue weighted by Crippen LogP contribution is 2.54. The lowest BCUT2D eigenvalue weighted by Gasteiger charge is -2.42. The zero-order chi connectivity index (χ0) is 36.3. The Labute approximate surface area is 313 Å². The fourth-order valence-electron chi connectivity index (χ4n) is 9.76. The molecule has 53 heavy (non-hydrogen) atoms. The van der Waals surface area contributed by atoms with Crippen LogP contribution in [0.1, 0.15) is 76.6 Å². The molecule has 0 fully saturated rings. The Kier molecular flexibility index (Phi) is 6.78. The summed E-state index contributed by atoms with van der Waals surface area (Å²) in [4.78, 5) is 2.50. The van der Waals surface area contributed by atoms with E-state index in [-0.39, 0.29) is 16.2 Å². The van der Waals surface area contributed by atoms with Crippen LogP contribution in [0, 0.1) is 0 Å².